The number of nitrogens with zero attached hydrogens (tertiary/aromatic N) is 5. The summed E-state index contributed by atoms with van der Waals surface area (Å²) in [5.74, 6) is -1.15. The molecule has 1 aromatic carbocycles. The summed E-state index contributed by atoms with van der Waals surface area (Å²) < 4.78 is 42.5. The summed E-state index contributed by atoms with van der Waals surface area (Å²) >= 11 is 0.693. The Balaban J connectivity index is 1.69. The van der Waals surface area contributed by atoms with Crippen molar-refractivity contribution in [3.05, 3.63) is 57.6 Å². The average Bonchev–Trinajstić information content (AvgIpc) is 3.35. The van der Waals surface area contributed by atoms with Gasteiger partial charge in [-0.3, -0.25) is 24.9 Å². The molecule has 1 amide bonds. The van der Waals surface area contributed by atoms with Crippen LogP contribution in [0, 0.1) is 10.1 Å². The maximum atomic E-state index is 12.5. The molecule has 0 saturated heterocycles. The lowest BCUT2D eigenvalue weighted by Crippen LogP contribution is -2.17. The maximum Gasteiger partial charge on any atom is 0.573 e. The van der Waals surface area contributed by atoms with Crippen molar-refractivity contribution in [3.8, 4) is 17.0 Å². The maximum absolute atomic E-state index is 12.5. The van der Waals surface area contributed by atoms with E-state index in [1.54, 1.807) is 7.05 Å². The first-order valence-electron chi connectivity index (χ1n) is 8.72. The van der Waals surface area contributed by atoms with Gasteiger partial charge in [0, 0.05) is 18.7 Å². The Hall–Kier alpha value is -4.07. The minimum atomic E-state index is -4.82. The number of alkyl halides is 3. The number of hydrogen-bond acceptors (Lipinski definition) is 8. The third-order valence-corrected chi connectivity index (χ3v) is 5.21. The van der Waals surface area contributed by atoms with Gasteiger partial charge in [-0.05, 0) is 30.3 Å². The second-order valence-electron chi connectivity index (χ2n) is 6.32. The number of fused-ring (bicyclic) bond motifs is 1. The number of thiophene rings is 1. The molecular formula is C18H11F3N6O4S. The number of carbonyl (C=O) groups excluding carboxylic acids is 1. The van der Waals surface area contributed by atoms with Gasteiger partial charge in [-0.15, -0.1) is 13.2 Å². The van der Waals surface area contributed by atoms with Gasteiger partial charge in [-0.1, -0.05) is 11.3 Å². The van der Waals surface area contributed by atoms with E-state index in [0.717, 1.165) is 12.1 Å². The third kappa shape index (κ3) is 4.34. The van der Waals surface area contributed by atoms with Crippen molar-refractivity contribution < 1.29 is 27.6 Å². The third-order valence-electron chi connectivity index (χ3n) is 4.17. The molecule has 0 atom stereocenters. The van der Waals surface area contributed by atoms with E-state index in [2.05, 4.69) is 25.1 Å². The molecule has 164 valence electrons. The monoisotopic (exact) mass is 464 g/mol. The number of rotatable bonds is 5. The predicted octanol–water partition coefficient (Wildman–Crippen LogP) is 4.15. The summed E-state index contributed by atoms with van der Waals surface area (Å²) in [6.45, 7) is 0. The largest absolute Gasteiger partial charge is 0.573 e. The smallest absolute Gasteiger partial charge is 0.406 e. The number of nitro groups is 1. The van der Waals surface area contributed by atoms with Gasteiger partial charge in [0.15, 0.2) is 5.65 Å². The van der Waals surface area contributed by atoms with Gasteiger partial charge in [-0.25, -0.2) is 4.98 Å². The van der Waals surface area contributed by atoms with E-state index in [0.29, 0.717) is 33.6 Å². The Kier molecular flexibility index (Phi) is 5.22. The van der Waals surface area contributed by atoms with Crippen molar-refractivity contribution in [2.75, 3.05) is 5.32 Å². The van der Waals surface area contributed by atoms with Crippen molar-refractivity contribution in [1.29, 1.82) is 0 Å². The topological polar surface area (TPSA) is 125 Å². The van der Waals surface area contributed by atoms with E-state index < -0.39 is 22.9 Å². The number of hydrogen-bond donors (Lipinski definition) is 1. The highest BCUT2D eigenvalue weighted by Gasteiger charge is 2.31. The summed E-state index contributed by atoms with van der Waals surface area (Å²) in [5, 5.41) is 17.7. The second kappa shape index (κ2) is 7.88. The van der Waals surface area contributed by atoms with Gasteiger partial charge >= 0.3 is 11.4 Å². The number of benzene rings is 1. The van der Waals surface area contributed by atoms with Crippen LogP contribution in [0.15, 0.2) is 42.6 Å². The van der Waals surface area contributed by atoms with Gasteiger partial charge in [-0.2, -0.15) is 10.1 Å². The first-order chi connectivity index (χ1) is 15.1. The Morgan fingerprint density at radius 3 is 2.53 bits per heavy atom. The lowest BCUT2D eigenvalue weighted by atomic mass is 10.1. The van der Waals surface area contributed by atoms with Gasteiger partial charge in [0.2, 0.25) is 5.95 Å². The molecule has 3 aromatic heterocycles. The summed E-state index contributed by atoms with van der Waals surface area (Å²) in [5.41, 5.74) is 1.11. The van der Waals surface area contributed by atoms with Gasteiger partial charge in [0.1, 0.15) is 5.75 Å². The fourth-order valence-corrected chi connectivity index (χ4v) is 3.54. The molecule has 0 aliphatic heterocycles. The molecule has 3 heterocycles. The molecule has 0 radical (unpaired) electrons. The number of halogens is 3. The highest BCUT2D eigenvalue weighted by atomic mass is 32.1. The fourth-order valence-electron chi connectivity index (χ4n) is 2.82. The summed E-state index contributed by atoms with van der Waals surface area (Å²) in [6.07, 6.45) is -3.33. The van der Waals surface area contributed by atoms with Crippen molar-refractivity contribution in [2.24, 2.45) is 7.05 Å². The molecule has 0 unspecified atom stereocenters. The molecule has 0 spiro atoms. The molecule has 0 aliphatic rings. The molecule has 0 fully saturated rings. The number of amides is 1. The van der Waals surface area contributed by atoms with Crippen LogP contribution < -0.4 is 10.1 Å². The zero-order valence-corrected chi connectivity index (χ0v) is 16.8. The highest BCUT2D eigenvalue weighted by Crippen LogP contribution is 2.30. The molecule has 14 heteroatoms. The van der Waals surface area contributed by atoms with E-state index >= 15 is 0 Å². The van der Waals surface area contributed by atoms with E-state index in [1.807, 2.05) is 0 Å². The number of nitrogens with one attached hydrogen (secondary N) is 1. The molecule has 0 bridgehead atoms. The Bertz CT molecular complexity index is 1330. The molecule has 32 heavy (non-hydrogen) atoms. The molecule has 1 N–H and O–H groups in total. The minimum absolute atomic E-state index is 0.0839. The minimum Gasteiger partial charge on any atom is -0.406 e. The van der Waals surface area contributed by atoms with Crippen LogP contribution in [-0.2, 0) is 7.05 Å². The van der Waals surface area contributed by atoms with Crippen LogP contribution in [0.1, 0.15) is 9.67 Å². The van der Waals surface area contributed by atoms with Crippen molar-refractivity contribution in [2.45, 2.75) is 6.36 Å². The molecular weight excluding hydrogens is 453 g/mol. The SMILES string of the molecule is Cn1ncc2c(-c3ccc(OC(F)(F)F)cc3)nc(NC(=O)c3ccc([N+](=O)[O-])s3)nc21. The number of carbonyl (C=O) groups is 1. The van der Waals surface area contributed by atoms with Crippen molar-refractivity contribution >= 4 is 39.2 Å². The number of aromatic nitrogens is 4. The predicted molar refractivity (Wildman–Crippen MR) is 107 cm³/mol. The highest BCUT2D eigenvalue weighted by molar-refractivity contribution is 7.17. The van der Waals surface area contributed by atoms with Crippen LogP contribution in [-0.4, -0.2) is 36.9 Å². The number of aryl methyl sites for hydroxylation is 1. The van der Waals surface area contributed by atoms with Crippen LogP contribution in [0.2, 0.25) is 0 Å². The second-order valence-corrected chi connectivity index (χ2v) is 7.38. The normalized spacial score (nSPS) is 11.5. The first-order valence-corrected chi connectivity index (χ1v) is 9.54. The Morgan fingerprint density at radius 1 is 1.19 bits per heavy atom. The van der Waals surface area contributed by atoms with Gasteiger partial charge in [0.25, 0.3) is 5.91 Å². The molecule has 4 aromatic rings. The first kappa shape index (κ1) is 21.2. The van der Waals surface area contributed by atoms with E-state index in [1.165, 1.54) is 35.1 Å². The van der Waals surface area contributed by atoms with Crippen LogP contribution >= 0.6 is 11.3 Å². The van der Waals surface area contributed by atoms with Crippen LogP contribution in [0.4, 0.5) is 24.1 Å². The van der Waals surface area contributed by atoms with E-state index in [9.17, 15) is 28.1 Å². The summed E-state index contributed by atoms with van der Waals surface area (Å²) in [4.78, 5) is 31.3. The molecule has 0 saturated carbocycles. The van der Waals surface area contributed by atoms with Crippen LogP contribution in [0.25, 0.3) is 22.3 Å². The Morgan fingerprint density at radius 2 is 1.91 bits per heavy atom. The zero-order chi connectivity index (χ0) is 23.0. The van der Waals surface area contributed by atoms with Crippen LogP contribution in [0.3, 0.4) is 0 Å². The number of anilines is 1. The molecule has 4 rings (SSSR count). The average molecular weight is 464 g/mol. The lowest BCUT2D eigenvalue weighted by Gasteiger charge is -2.10. The molecule has 10 nitrogen and oxygen atoms in total. The summed E-state index contributed by atoms with van der Waals surface area (Å²) in [7, 11) is 1.62. The van der Waals surface area contributed by atoms with Gasteiger partial charge < -0.3 is 4.74 Å². The van der Waals surface area contributed by atoms with Crippen molar-refractivity contribution in [1.82, 2.24) is 19.7 Å². The van der Waals surface area contributed by atoms with Crippen LogP contribution in [0.5, 0.6) is 5.75 Å². The van der Waals surface area contributed by atoms with E-state index in [-0.39, 0.29) is 15.8 Å². The number of ether oxygens (including phenoxy) is 1. The van der Waals surface area contributed by atoms with E-state index in [4.69, 9.17) is 0 Å². The quantitative estimate of drug-likeness (QED) is 0.347. The lowest BCUT2D eigenvalue weighted by molar-refractivity contribution is -0.380. The van der Waals surface area contributed by atoms with Crippen molar-refractivity contribution in [3.63, 3.8) is 0 Å². The zero-order valence-electron chi connectivity index (χ0n) is 16.0. The summed E-state index contributed by atoms with van der Waals surface area (Å²) in [6, 6.07) is 7.54. The standard InChI is InChI=1S/C18H11F3N6O4S/c1-26-15-11(8-22-26)14(9-2-4-10(5-3-9)31-18(19,20)21)23-17(24-15)25-16(28)12-6-7-13(32-12)27(29)30/h2-8H,1H3,(H,23,24,25,28). The fraction of sp³-hybridized carbons (Fsp3) is 0.111. The molecule has 0 aliphatic carbocycles. The Labute approximate surface area is 180 Å². The van der Waals surface area contributed by atoms with Gasteiger partial charge in [0.05, 0.1) is 27.1 Å².